The van der Waals surface area contributed by atoms with Gasteiger partial charge >= 0.3 is 5.97 Å². The van der Waals surface area contributed by atoms with Gasteiger partial charge in [0, 0.05) is 30.1 Å². The second-order valence-corrected chi connectivity index (χ2v) is 13.1. The lowest BCUT2D eigenvalue weighted by molar-refractivity contribution is -0.154. The number of allylic oxidation sites excluding steroid dienone is 1. The third-order valence-corrected chi connectivity index (χ3v) is 10.5. The third-order valence-electron chi connectivity index (χ3n) is 8.69. The summed E-state index contributed by atoms with van der Waals surface area (Å²) in [7, 11) is 1.60. The summed E-state index contributed by atoms with van der Waals surface area (Å²) in [4.78, 5) is 46.0. The molecular weight excluding hydrogens is 528 g/mol. The molecule has 40 heavy (non-hydrogen) atoms. The number of aliphatic hydroxyl groups excluding tert-OH is 1. The number of aliphatic hydroxyl groups is 1. The average molecular weight is 569 g/mol. The van der Waals surface area contributed by atoms with Gasteiger partial charge in [-0.25, -0.2) is 0 Å². The van der Waals surface area contributed by atoms with Gasteiger partial charge < -0.3 is 24.4 Å². The number of carbonyl (C=O) groups is 3. The molecule has 4 heterocycles. The number of anilines is 1. The van der Waals surface area contributed by atoms with Crippen molar-refractivity contribution in [2.45, 2.75) is 67.4 Å². The van der Waals surface area contributed by atoms with Crippen molar-refractivity contribution in [1.29, 1.82) is 0 Å². The number of benzene rings is 1. The fourth-order valence-electron chi connectivity index (χ4n) is 6.78. The number of unbranched alkanes of at least 4 members (excludes halogenated alkanes) is 3. The van der Waals surface area contributed by atoms with Crippen molar-refractivity contribution in [2.75, 3.05) is 38.3 Å². The molecule has 2 fully saturated rings. The normalized spacial score (nSPS) is 32.7. The SMILES string of the molecule is COc1ccc(N2CC=C[C@]34S[C@]5(C)/C=C\CCCCOC(=O)[C@@H]5[C@H]3C(=O)N(CCCCCCO)C4C2=O)cc1. The molecule has 9 heteroatoms. The smallest absolute Gasteiger partial charge is 0.311 e. The minimum atomic E-state index is -0.892. The van der Waals surface area contributed by atoms with Gasteiger partial charge in [-0.05, 0) is 63.3 Å². The van der Waals surface area contributed by atoms with Gasteiger partial charge in [0.2, 0.25) is 5.91 Å². The maximum absolute atomic E-state index is 14.5. The predicted molar refractivity (Wildman–Crippen MR) is 155 cm³/mol. The quantitative estimate of drug-likeness (QED) is 0.286. The molecule has 0 saturated carbocycles. The van der Waals surface area contributed by atoms with E-state index in [1.807, 2.05) is 43.3 Å². The van der Waals surface area contributed by atoms with Gasteiger partial charge in [-0.3, -0.25) is 14.4 Å². The van der Waals surface area contributed by atoms with Gasteiger partial charge in [0.1, 0.15) is 11.8 Å². The summed E-state index contributed by atoms with van der Waals surface area (Å²) < 4.78 is 9.49. The van der Waals surface area contributed by atoms with E-state index in [9.17, 15) is 19.5 Å². The lowest BCUT2D eigenvalue weighted by Gasteiger charge is -2.37. The zero-order valence-electron chi connectivity index (χ0n) is 23.4. The largest absolute Gasteiger partial charge is 0.497 e. The van der Waals surface area contributed by atoms with Crippen LogP contribution in [0.2, 0.25) is 0 Å². The molecule has 4 aliphatic heterocycles. The second-order valence-electron chi connectivity index (χ2n) is 11.3. The molecule has 1 N–H and O–H groups in total. The Morgan fingerprint density at radius 2 is 1.77 bits per heavy atom. The van der Waals surface area contributed by atoms with Crippen LogP contribution in [0.15, 0.2) is 48.6 Å². The average Bonchev–Trinajstić information content (AvgIpc) is 3.27. The van der Waals surface area contributed by atoms with E-state index < -0.39 is 27.4 Å². The molecule has 2 amide bonds. The number of ether oxygens (including phenoxy) is 2. The lowest BCUT2D eigenvalue weighted by Crippen LogP contribution is -2.53. The fourth-order valence-corrected chi connectivity index (χ4v) is 8.93. The van der Waals surface area contributed by atoms with E-state index in [4.69, 9.17) is 9.47 Å². The van der Waals surface area contributed by atoms with Crippen LogP contribution in [-0.4, -0.2) is 76.7 Å². The van der Waals surface area contributed by atoms with E-state index in [-0.39, 0.29) is 24.4 Å². The first kappa shape index (κ1) is 28.7. The number of nitrogens with zero attached hydrogens (tertiary/aromatic N) is 2. The molecule has 1 unspecified atom stereocenters. The van der Waals surface area contributed by atoms with Crippen molar-refractivity contribution < 1.29 is 29.0 Å². The Balaban J connectivity index is 1.56. The maximum Gasteiger partial charge on any atom is 0.311 e. The van der Waals surface area contributed by atoms with Gasteiger partial charge in [-0.15, -0.1) is 11.8 Å². The molecule has 1 aromatic carbocycles. The zero-order valence-corrected chi connectivity index (χ0v) is 24.2. The molecule has 0 bridgehead atoms. The topological polar surface area (TPSA) is 96.4 Å². The fraction of sp³-hybridized carbons (Fsp3) is 0.581. The lowest BCUT2D eigenvalue weighted by atomic mass is 9.74. The number of methoxy groups -OCH3 is 1. The molecule has 5 rings (SSSR count). The molecule has 216 valence electrons. The number of hydrogen-bond donors (Lipinski definition) is 1. The van der Waals surface area contributed by atoms with Crippen molar-refractivity contribution in [1.82, 2.24) is 4.90 Å². The summed E-state index contributed by atoms with van der Waals surface area (Å²) in [5.41, 5.74) is 0.735. The number of cyclic esters (lactones) is 1. The minimum Gasteiger partial charge on any atom is -0.497 e. The van der Waals surface area contributed by atoms with Crippen LogP contribution in [0.1, 0.15) is 51.9 Å². The first-order chi connectivity index (χ1) is 19.4. The number of thioether (sulfide) groups is 1. The minimum absolute atomic E-state index is 0.140. The van der Waals surface area contributed by atoms with Crippen LogP contribution < -0.4 is 9.64 Å². The molecule has 5 atom stereocenters. The van der Waals surface area contributed by atoms with Gasteiger partial charge in [0.25, 0.3) is 5.91 Å². The first-order valence-corrected chi connectivity index (χ1v) is 15.3. The van der Waals surface area contributed by atoms with Crippen molar-refractivity contribution in [3.63, 3.8) is 0 Å². The summed E-state index contributed by atoms with van der Waals surface area (Å²) >= 11 is 1.58. The summed E-state index contributed by atoms with van der Waals surface area (Å²) in [6.45, 7) is 3.30. The predicted octanol–water partition coefficient (Wildman–Crippen LogP) is 4.12. The maximum atomic E-state index is 14.5. The molecule has 0 aromatic heterocycles. The van der Waals surface area contributed by atoms with E-state index in [1.165, 1.54) is 0 Å². The summed E-state index contributed by atoms with van der Waals surface area (Å²) in [5.74, 6) is -1.32. The molecule has 2 saturated heterocycles. The Morgan fingerprint density at radius 3 is 2.52 bits per heavy atom. The summed E-state index contributed by atoms with van der Waals surface area (Å²) in [6.07, 6.45) is 14.0. The number of carbonyl (C=O) groups excluding carboxylic acids is 3. The van der Waals surface area contributed by atoms with Crippen molar-refractivity contribution in [2.24, 2.45) is 11.8 Å². The number of esters is 1. The molecular formula is C31H40N2O6S. The van der Waals surface area contributed by atoms with Crippen LogP contribution >= 0.6 is 11.8 Å². The van der Waals surface area contributed by atoms with E-state index >= 15 is 0 Å². The van der Waals surface area contributed by atoms with Crippen LogP contribution in [0.5, 0.6) is 5.75 Å². The van der Waals surface area contributed by atoms with Gasteiger partial charge in [0.15, 0.2) is 0 Å². The third kappa shape index (κ3) is 5.07. The molecule has 1 aromatic rings. The number of rotatable bonds is 8. The highest BCUT2D eigenvalue weighted by molar-refractivity contribution is 8.02. The zero-order chi connectivity index (χ0) is 28.3. The van der Waals surface area contributed by atoms with Gasteiger partial charge in [0.05, 0.1) is 30.3 Å². The second kappa shape index (κ2) is 12.0. The highest BCUT2D eigenvalue weighted by Gasteiger charge is 2.73. The summed E-state index contributed by atoms with van der Waals surface area (Å²) in [5, 5.41) is 9.18. The Labute approximate surface area is 240 Å². The highest BCUT2D eigenvalue weighted by Crippen LogP contribution is 2.65. The number of amides is 2. The Bertz CT molecular complexity index is 1170. The Kier molecular flexibility index (Phi) is 8.61. The van der Waals surface area contributed by atoms with Crippen LogP contribution in [-0.2, 0) is 19.1 Å². The van der Waals surface area contributed by atoms with E-state index in [0.717, 1.165) is 44.2 Å². The van der Waals surface area contributed by atoms with Crippen molar-refractivity contribution in [3.05, 3.63) is 48.6 Å². The number of hydrogen-bond acceptors (Lipinski definition) is 7. The molecule has 4 aliphatic rings. The standard InChI is InChI=1S/C31H40N2O6S/c1-30-16-7-3-6-10-21-39-29(37)25(30)24-27(35)33(18-8-4-5-9-20-34)26-28(36)32(19-11-17-31(24,26)40-30)22-12-14-23(38-2)15-13-22/h7,11-17,24-26,34H,3-6,8-10,18-21H2,1-2H3/b16-7-/t24-,25-,26?,30+,31-/m0/s1. The Morgan fingerprint density at radius 1 is 1.00 bits per heavy atom. The Hall–Kier alpha value is -2.78. The molecule has 1 spiro atoms. The van der Waals surface area contributed by atoms with E-state index in [1.54, 1.807) is 28.7 Å². The van der Waals surface area contributed by atoms with Crippen LogP contribution in [0.25, 0.3) is 0 Å². The van der Waals surface area contributed by atoms with Crippen molar-refractivity contribution in [3.8, 4) is 5.75 Å². The molecule has 8 nitrogen and oxygen atoms in total. The highest BCUT2D eigenvalue weighted by atomic mass is 32.2. The first-order valence-electron chi connectivity index (χ1n) is 14.5. The van der Waals surface area contributed by atoms with E-state index in [0.29, 0.717) is 31.9 Å². The number of fused-ring (bicyclic) bond motifs is 2. The monoisotopic (exact) mass is 568 g/mol. The van der Waals surface area contributed by atoms with Crippen LogP contribution in [0, 0.1) is 11.8 Å². The van der Waals surface area contributed by atoms with E-state index in [2.05, 4.69) is 12.2 Å². The van der Waals surface area contributed by atoms with Crippen LogP contribution in [0.3, 0.4) is 0 Å². The van der Waals surface area contributed by atoms with Crippen molar-refractivity contribution >= 4 is 35.2 Å². The van der Waals surface area contributed by atoms with Crippen LogP contribution in [0.4, 0.5) is 5.69 Å². The van der Waals surface area contributed by atoms with Gasteiger partial charge in [-0.2, -0.15) is 0 Å². The molecule has 0 aliphatic carbocycles. The molecule has 0 radical (unpaired) electrons. The van der Waals surface area contributed by atoms with Gasteiger partial charge in [-0.1, -0.05) is 37.1 Å². The number of likely N-dealkylation sites (tertiary alicyclic amines) is 1. The summed E-state index contributed by atoms with van der Waals surface area (Å²) in [6, 6.07) is 6.63.